The molecule has 6 nitrogen and oxygen atoms in total. The van der Waals surface area contributed by atoms with Crippen molar-refractivity contribution in [2.24, 2.45) is 0 Å². The Hall–Kier alpha value is -4.06. The molecular weight excluding hydrogens is 388 g/mol. The Balaban J connectivity index is 1.65. The number of carbonyl (C=O) groups excluding carboxylic acids is 1. The zero-order valence-electron chi connectivity index (χ0n) is 17.3. The minimum absolute atomic E-state index is 0.188. The molecule has 0 aliphatic carbocycles. The van der Waals surface area contributed by atoms with E-state index in [1.807, 2.05) is 85.8 Å². The van der Waals surface area contributed by atoms with Crippen LogP contribution in [-0.2, 0) is 4.79 Å². The first-order valence-corrected chi connectivity index (χ1v) is 10.1. The zero-order chi connectivity index (χ0) is 21.4. The largest absolute Gasteiger partial charge is 0.495 e. The van der Waals surface area contributed by atoms with Gasteiger partial charge in [-0.25, -0.2) is 4.98 Å². The number of benzene rings is 3. The monoisotopic (exact) mass is 410 g/mol. The van der Waals surface area contributed by atoms with Crippen LogP contribution in [0, 0.1) is 0 Å². The average molecular weight is 410 g/mol. The first-order valence-electron chi connectivity index (χ1n) is 10.1. The quantitative estimate of drug-likeness (QED) is 0.498. The van der Waals surface area contributed by atoms with E-state index in [1.54, 1.807) is 7.11 Å². The molecule has 3 aromatic carbocycles. The van der Waals surface area contributed by atoms with E-state index >= 15 is 0 Å². The van der Waals surface area contributed by atoms with Crippen LogP contribution >= 0.6 is 0 Å². The summed E-state index contributed by atoms with van der Waals surface area (Å²) < 4.78 is 7.50. The number of para-hydroxylation sites is 4. The predicted molar refractivity (Wildman–Crippen MR) is 122 cm³/mol. The van der Waals surface area contributed by atoms with Crippen molar-refractivity contribution in [2.75, 3.05) is 17.7 Å². The molecule has 31 heavy (non-hydrogen) atoms. The van der Waals surface area contributed by atoms with Crippen LogP contribution in [0.15, 0.2) is 90.1 Å². The molecule has 0 bridgehead atoms. The van der Waals surface area contributed by atoms with Crippen LogP contribution in [0.5, 0.6) is 5.75 Å². The Kier molecular flexibility index (Phi) is 4.67. The summed E-state index contributed by atoms with van der Waals surface area (Å²) in [6.07, 6.45) is 0. The number of allylic oxidation sites excluding steroid dienone is 1. The Morgan fingerprint density at radius 3 is 2.52 bits per heavy atom. The number of methoxy groups -OCH3 is 1. The average Bonchev–Trinajstić information content (AvgIpc) is 3.16. The number of aromatic nitrogens is 2. The van der Waals surface area contributed by atoms with Gasteiger partial charge in [0.25, 0.3) is 5.91 Å². The SMILES string of the molecule is COc1ccccc1NC(=O)C1=C(C)Nc2nc3ccccc3n2C1c1ccccc1. The fraction of sp³-hybridized carbons (Fsp3) is 0.120. The molecule has 0 saturated heterocycles. The van der Waals surface area contributed by atoms with Crippen molar-refractivity contribution in [1.82, 2.24) is 9.55 Å². The number of imidazole rings is 1. The molecular formula is C25H22N4O2. The topological polar surface area (TPSA) is 68.2 Å². The summed E-state index contributed by atoms with van der Waals surface area (Å²) in [5.41, 5.74) is 4.89. The zero-order valence-corrected chi connectivity index (χ0v) is 17.3. The number of amides is 1. The second-order valence-electron chi connectivity index (χ2n) is 7.43. The van der Waals surface area contributed by atoms with Gasteiger partial charge < -0.3 is 15.4 Å². The first kappa shape index (κ1) is 18.9. The fourth-order valence-corrected chi connectivity index (χ4v) is 4.15. The summed E-state index contributed by atoms with van der Waals surface area (Å²) in [6, 6.07) is 25.1. The lowest BCUT2D eigenvalue weighted by atomic mass is 9.94. The second-order valence-corrected chi connectivity index (χ2v) is 7.43. The summed E-state index contributed by atoms with van der Waals surface area (Å²) in [7, 11) is 1.59. The van der Waals surface area contributed by atoms with Crippen molar-refractivity contribution in [3.05, 3.63) is 95.7 Å². The smallest absolute Gasteiger partial charge is 0.255 e. The highest BCUT2D eigenvalue weighted by Crippen LogP contribution is 2.39. The van der Waals surface area contributed by atoms with Crippen LogP contribution in [0.3, 0.4) is 0 Å². The molecule has 1 atom stereocenters. The third-order valence-electron chi connectivity index (χ3n) is 5.55. The number of hydrogen-bond donors (Lipinski definition) is 2. The molecule has 0 radical (unpaired) electrons. The number of nitrogens with zero attached hydrogens (tertiary/aromatic N) is 2. The van der Waals surface area contributed by atoms with E-state index < -0.39 is 0 Å². The van der Waals surface area contributed by atoms with E-state index in [-0.39, 0.29) is 11.9 Å². The molecule has 2 N–H and O–H groups in total. The number of carbonyl (C=O) groups is 1. The highest BCUT2D eigenvalue weighted by Gasteiger charge is 2.34. The van der Waals surface area contributed by atoms with Crippen molar-refractivity contribution in [1.29, 1.82) is 0 Å². The fourth-order valence-electron chi connectivity index (χ4n) is 4.15. The number of anilines is 2. The third-order valence-corrected chi connectivity index (χ3v) is 5.55. The Morgan fingerprint density at radius 2 is 1.71 bits per heavy atom. The van der Waals surface area contributed by atoms with Crippen LogP contribution in [0.1, 0.15) is 18.5 Å². The summed E-state index contributed by atoms with van der Waals surface area (Å²) in [5, 5.41) is 6.37. The molecule has 0 saturated carbocycles. The van der Waals surface area contributed by atoms with Gasteiger partial charge in [0.1, 0.15) is 5.75 Å². The number of fused-ring (bicyclic) bond motifs is 3. The van der Waals surface area contributed by atoms with E-state index in [1.165, 1.54) is 0 Å². The molecule has 0 spiro atoms. The number of ether oxygens (including phenoxy) is 1. The molecule has 4 aromatic rings. The van der Waals surface area contributed by atoms with Crippen LogP contribution in [0.25, 0.3) is 11.0 Å². The summed E-state index contributed by atoms with van der Waals surface area (Å²) in [6.45, 7) is 1.91. The van der Waals surface area contributed by atoms with Gasteiger partial charge in [0.05, 0.1) is 35.4 Å². The van der Waals surface area contributed by atoms with E-state index in [0.717, 1.165) is 28.2 Å². The van der Waals surface area contributed by atoms with Gasteiger partial charge in [0, 0.05) is 5.70 Å². The van der Waals surface area contributed by atoms with Crippen molar-refractivity contribution >= 4 is 28.6 Å². The molecule has 5 rings (SSSR count). The minimum Gasteiger partial charge on any atom is -0.495 e. The van der Waals surface area contributed by atoms with Gasteiger partial charge in [0.2, 0.25) is 5.95 Å². The van der Waals surface area contributed by atoms with Crippen molar-refractivity contribution < 1.29 is 9.53 Å². The second kappa shape index (κ2) is 7.65. The van der Waals surface area contributed by atoms with Gasteiger partial charge >= 0.3 is 0 Å². The lowest BCUT2D eigenvalue weighted by Crippen LogP contribution is -2.31. The Bertz CT molecular complexity index is 1310. The molecule has 1 aromatic heterocycles. The molecule has 2 heterocycles. The predicted octanol–water partition coefficient (Wildman–Crippen LogP) is 4.97. The molecule has 1 aliphatic heterocycles. The summed E-state index contributed by atoms with van der Waals surface area (Å²) in [4.78, 5) is 18.3. The maximum absolute atomic E-state index is 13.6. The molecule has 1 amide bonds. The molecule has 1 aliphatic rings. The molecule has 6 heteroatoms. The van der Waals surface area contributed by atoms with E-state index in [4.69, 9.17) is 9.72 Å². The van der Waals surface area contributed by atoms with Crippen LogP contribution in [0.4, 0.5) is 11.6 Å². The van der Waals surface area contributed by atoms with E-state index in [0.29, 0.717) is 17.0 Å². The number of nitrogens with one attached hydrogen (secondary N) is 2. The maximum Gasteiger partial charge on any atom is 0.255 e. The minimum atomic E-state index is -0.320. The maximum atomic E-state index is 13.6. The Morgan fingerprint density at radius 1 is 1.00 bits per heavy atom. The van der Waals surface area contributed by atoms with Crippen LogP contribution in [-0.4, -0.2) is 22.6 Å². The molecule has 0 fully saturated rings. The van der Waals surface area contributed by atoms with Crippen molar-refractivity contribution in [2.45, 2.75) is 13.0 Å². The van der Waals surface area contributed by atoms with Crippen molar-refractivity contribution in [3.63, 3.8) is 0 Å². The molecule has 1 unspecified atom stereocenters. The van der Waals surface area contributed by atoms with Gasteiger partial charge in [-0.15, -0.1) is 0 Å². The van der Waals surface area contributed by atoms with Gasteiger partial charge in [-0.1, -0.05) is 54.6 Å². The third kappa shape index (κ3) is 3.22. The van der Waals surface area contributed by atoms with Gasteiger partial charge in [0.15, 0.2) is 0 Å². The van der Waals surface area contributed by atoms with Crippen LogP contribution in [0.2, 0.25) is 0 Å². The van der Waals surface area contributed by atoms with Gasteiger partial charge in [-0.05, 0) is 36.8 Å². The summed E-state index contributed by atoms with van der Waals surface area (Å²) in [5.74, 6) is 1.15. The molecule has 154 valence electrons. The highest BCUT2D eigenvalue weighted by molar-refractivity contribution is 6.07. The number of rotatable bonds is 4. The van der Waals surface area contributed by atoms with E-state index in [2.05, 4.69) is 15.2 Å². The van der Waals surface area contributed by atoms with E-state index in [9.17, 15) is 4.79 Å². The summed E-state index contributed by atoms with van der Waals surface area (Å²) >= 11 is 0. The van der Waals surface area contributed by atoms with Crippen LogP contribution < -0.4 is 15.4 Å². The van der Waals surface area contributed by atoms with Gasteiger partial charge in [-0.2, -0.15) is 0 Å². The lowest BCUT2D eigenvalue weighted by Gasteiger charge is -2.30. The first-order chi connectivity index (χ1) is 15.2. The standard InChI is InChI=1S/C25H22N4O2/c1-16-22(24(30)27-19-13-7-9-15-21(19)31-2)23(17-10-4-3-5-11-17)29-20-14-8-6-12-18(20)28-25(29)26-16/h3-15,23H,1-2H3,(H,26,28)(H,27,30). The number of hydrogen-bond acceptors (Lipinski definition) is 4. The highest BCUT2D eigenvalue weighted by atomic mass is 16.5. The normalized spacial score (nSPS) is 15.4. The van der Waals surface area contributed by atoms with Crippen molar-refractivity contribution in [3.8, 4) is 5.75 Å². The lowest BCUT2D eigenvalue weighted by molar-refractivity contribution is -0.113. The van der Waals surface area contributed by atoms with Gasteiger partial charge in [-0.3, -0.25) is 9.36 Å². The Labute approximate surface area is 180 Å².